The lowest BCUT2D eigenvalue weighted by atomic mass is 10.2. The Balaban J connectivity index is 1.47. The number of halogens is 1. The van der Waals surface area contributed by atoms with Crippen LogP contribution in [0.1, 0.15) is 10.7 Å². The van der Waals surface area contributed by atoms with Gasteiger partial charge in [-0.3, -0.25) is 14.2 Å². The standard InChI is InChI=1S/C23H19ClN4O2S2/c1-2-10-28-22(30)18-9-8-15(24)11-19(18)27-23(28)32-14-17-13-31-21(26-17)12-20(29)25-16-6-4-3-5-7-16/h2-9,11,13H,1,10,12,14H2,(H,25,29). The van der Waals surface area contributed by atoms with Gasteiger partial charge in [-0.05, 0) is 30.3 Å². The van der Waals surface area contributed by atoms with Crippen molar-refractivity contribution in [1.29, 1.82) is 0 Å². The third-order valence-electron chi connectivity index (χ3n) is 4.51. The monoisotopic (exact) mass is 482 g/mol. The second-order valence-electron chi connectivity index (χ2n) is 6.87. The van der Waals surface area contributed by atoms with Crippen LogP contribution in [0.25, 0.3) is 10.9 Å². The Kier molecular flexibility index (Phi) is 7.04. The topological polar surface area (TPSA) is 76.9 Å². The maximum absolute atomic E-state index is 12.9. The summed E-state index contributed by atoms with van der Waals surface area (Å²) in [6.07, 6.45) is 1.87. The number of nitrogens with one attached hydrogen (secondary N) is 1. The maximum Gasteiger partial charge on any atom is 0.262 e. The molecule has 0 bridgehead atoms. The van der Waals surface area contributed by atoms with Crippen molar-refractivity contribution in [3.63, 3.8) is 0 Å². The molecule has 0 aliphatic heterocycles. The molecule has 4 aromatic rings. The minimum absolute atomic E-state index is 0.113. The molecular formula is C23H19ClN4O2S2. The molecule has 1 amide bonds. The van der Waals surface area contributed by atoms with E-state index in [1.54, 1.807) is 28.8 Å². The zero-order valence-electron chi connectivity index (χ0n) is 17.0. The second-order valence-corrected chi connectivity index (χ2v) is 9.19. The quantitative estimate of drug-likeness (QED) is 0.213. The van der Waals surface area contributed by atoms with Crippen LogP contribution in [-0.2, 0) is 23.5 Å². The van der Waals surface area contributed by atoms with Crippen molar-refractivity contribution >= 4 is 57.2 Å². The number of fused-ring (bicyclic) bond motifs is 1. The van der Waals surface area contributed by atoms with Crippen molar-refractivity contribution in [2.45, 2.75) is 23.9 Å². The van der Waals surface area contributed by atoms with Crippen molar-refractivity contribution in [3.05, 3.63) is 92.6 Å². The average Bonchev–Trinajstić information content (AvgIpc) is 3.22. The summed E-state index contributed by atoms with van der Waals surface area (Å²) in [5.41, 5.74) is 2.01. The van der Waals surface area contributed by atoms with E-state index in [0.717, 1.165) is 16.4 Å². The van der Waals surface area contributed by atoms with Gasteiger partial charge in [0, 0.05) is 28.4 Å². The smallest absolute Gasteiger partial charge is 0.262 e. The van der Waals surface area contributed by atoms with Crippen LogP contribution in [0.3, 0.4) is 0 Å². The molecule has 6 nitrogen and oxygen atoms in total. The first-order chi connectivity index (χ1) is 15.5. The fraction of sp³-hybridized carbons (Fsp3) is 0.130. The zero-order valence-corrected chi connectivity index (χ0v) is 19.3. The number of aromatic nitrogens is 3. The third-order valence-corrected chi connectivity index (χ3v) is 6.65. The highest BCUT2D eigenvalue weighted by Crippen LogP contribution is 2.24. The van der Waals surface area contributed by atoms with Crippen molar-refractivity contribution < 1.29 is 4.79 Å². The first-order valence-electron chi connectivity index (χ1n) is 9.75. The van der Waals surface area contributed by atoms with Gasteiger partial charge < -0.3 is 5.32 Å². The average molecular weight is 483 g/mol. The molecule has 0 saturated heterocycles. The van der Waals surface area contributed by atoms with Gasteiger partial charge in [0.05, 0.1) is 23.0 Å². The van der Waals surface area contributed by atoms with Crippen LogP contribution in [0.15, 0.2) is 76.5 Å². The number of hydrogen-bond acceptors (Lipinski definition) is 6. The molecule has 2 aromatic carbocycles. The number of hydrogen-bond donors (Lipinski definition) is 1. The van der Waals surface area contributed by atoms with Gasteiger partial charge in [0.1, 0.15) is 5.01 Å². The molecule has 0 spiro atoms. The van der Waals surface area contributed by atoms with Gasteiger partial charge in [-0.1, -0.05) is 47.6 Å². The molecule has 2 heterocycles. The molecule has 9 heteroatoms. The van der Waals surface area contributed by atoms with E-state index in [4.69, 9.17) is 11.6 Å². The van der Waals surface area contributed by atoms with E-state index in [0.29, 0.717) is 33.4 Å². The molecule has 32 heavy (non-hydrogen) atoms. The van der Waals surface area contributed by atoms with Gasteiger partial charge in [-0.25, -0.2) is 9.97 Å². The van der Waals surface area contributed by atoms with Crippen LogP contribution < -0.4 is 10.9 Å². The summed E-state index contributed by atoms with van der Waals surface area (Å²) in [4.78, 5) is 34.4. The number of carbonyl (C=O) groups excluding carboxylic acids is 1. The van der Waals surface area contributed by atoms with Crippen molar-refractivity contribution in [2.24, 2.45) is 0 Å². The lowest BCUT2D eigenvalue weighted by Gasteiger charge is -2.11. The predicted molar refractivity (Wildman–Crippen MR) is 132 cm³/mol. The van der Waals surface area contributed by atoms with Crippen LogP contribution in [0.5, 0.6) is 0 Å². The number of para-hydroxylation sites is 1. The van der Waals surface area contributed by atoms with Crippen LogP contribution in [0.2, 0.25) is 5.02 Å². The number of thioether (sulfide) groups is 1. The summed E-state index contributed by atoms with van der Waals surface area (Å²) < 4.78 is 1.59. The fourth-order valence-electron chi connectivity index (χ4n) is 3.07. The largest absolute Gasteiger partial charge is 0.326 e. The summed E-state index contributed by atoms with van der Waals surface area (Å²) in [7, 11) is 0. The van der Waals surface area contributed by atoms with E-state index in [-0.39, 0.29) is 17.9 Å². The Hall–Kier alpha value is -2.94. The SMILES string of the molecule is C=CCn1c(SCc2csc(CC(=O)Nc3ccccc3)n2)nc2cc(Cl)ccc2c1=O. The molecule has 0 aliphatic carbocycles. The summed E-state index contributed by atoms with van der Waals surface area (Å²) >= 11 is 8.93. The van der Waals surface area contributed by atoms with Gasteiger partial charge in [0.25, 0.3) is 5.56 Å². The lowest BCUT2D eigenvalue weighted by molar-refractivity contribution is -0.115. The van der Waals surface area contributed by atoms with Crippen LogP contribution in [0, 0.1) is 0 Å². The van der Waals surface area contributed by atoms with E-state index < -0.39 is 0 Å². The van der Waals surface area contributed by atoms with E-state index in [1.807, 2.05) is 35.7 Å². The van der Waals surface area contributed by atoms with Crippen LogP contribution in [0.4, 0.5) is 5.69 Å². The van der Waals surface area contributed by atoms with Gasteiger partial charge in [0.2, 0.25) is 5.91 Å². The summed E-state index contributed by atoms with van der Waals surface area (Å²) in [6, 6.07) is 14.4. The minimum Gasteiger partial charge on any atom is -0.326 e. The molecule has 0 radical (unpaired) electrons. The molecule has 0 unspecified atom stereocenters. The first kappa shape index (κ1) is 22.3. The number of amides is 1. The molecule has 0 aliphatic rings. The molecule has 4 rings (SSSR count). The molecule has 162 valence electrons. The first-order valence-corrected chi connectivity index (χ1v) is 12.0. The van der Waals surface area contributed by atoms with Crippen molar-refractivity contribution in [2.75, 3.05) is 5.32 Å². The van der Waals surface area contributed by atoms with E-state index in [1.165, 1.54) is 23.1 Å². The maximum atomic E-state index is 12.9. The van der Waals surface area contributed by atoms with E-state index >= 15 is 0 Å². The van der Waals surface area contributed by atoms with Crippen molar-refractivity contribution in [3.8, 4) is 0 Å². The Morgan fingerprint density at radius 1 is 1.22 bits per heavy atom. The minimum atomic E-state index is -0.134. The zero-order chi connectivity index (χ0) is 22.5. The number of carbonyl (C=O) groups is 1. The second kappa shape index (κ2) is 10.1. The highest BCUT2D eigenvalue weighted by Gasteiger charge is 2.13. The Labute approximate surface area is 198 Å². The molecule has 0 fully saturated rings. The molecule has 2 aromatic heterocycles. The number of benzene rings is 2. The van der Waals surface area contributed by atoms with E-state index in [9.17, 15) is 9.59 Å². The predicted octanol–water partition coefficient (Wildman–Crippen LogP) is 5.17. The summed E-state index contributed by atoms with van der Waals surface area (Å²) in [6.45, 7) is 4.10. The Morgan fingerprint density at radius 2 is 2.03 bits per heavy atom. The van der Waals surface area contributed by atoms with Gasteiger partial charge in [-0.15, -0.1) is 17.9 Å². The van der Waals surface area contributed by atoms with Gasteiger partial charge >= 0.3 is 0 Å². The fourth-order valence-corrected chi connectivity index (χ4v) is 5.04. The normalized spacial score (nSPS) is 10.9. The molecule has 0 saturated carbocycles. The van der Waals surface area contributed by atoms with Crippen LogP contribution in [-0.4, -0.2) is 20.4 Å². The lowest BCUT2D eigenvalue weighted by Crippen LogP contribution is -2.22. The number of anilines is 1. The molecule has 0 atom stereocenters. The highest BCUT2D eigenvalue weighted by atomic mass is 35.5. The molecule has 1 N–H and O–H groups in total. The highest BCUT2D eigenvalue weighted by molar-refractivity contribution is 7.98. The Morgan fingerprint density at radius 3 is 2.81 bits per heavy atom. The van der Waals surface area contributed by atoms with Gasteiger partial charge in [0.15, 0.2) is 5.16 Å². The summed E-state index contributed by atoms with van der Waals surface area (Å²) in [5, 5.41) is 7.13. The summed E-state index contributed by atoms with van der Waals surface area (Å²) in [5.74, 6) is 0.407. The van der Waals surface area contributed by atoms with Crippen molar-refractivity contribution in [1.82, 2.24) is 14.5 Å². The van der Waals surface area contributed by atoms with E-state index in [2.05, 4.69) is 21.9 Å². The molecular weight excluding hydrogens is 464 g/mol. The number of thiazole rings is 1. The third kappa shape index (κ3) is 5.27. The Bertz CT molecular complexity index is 1340. The number of rotatable bonds is 8. The number of allylic oxidation sites excluding steroid dienone is 1. The van der Waals surface area contributed by atoms with Crippen LogP contribution >= 0.6 is 34.7 Å². The number of nitrogens with zero attached hydrogens (tertiary/aromatic N) is 3. The van der Waals surface area contributed by atoms with Gasteiger partial charge in [-0.2, -0.15) is 0 Å².